The Morgan fingerprint density at radius 3 is 2.75 bits per heavy atom. The van der Waals surface area contributed by atoms with E-state index in [0.29, 0.717) is 6.61 Å². The normalized spacial score (nSPS) is 21.1. The van der Waals surface area contributed by atoms with Gasteiger partial charge in [0.05, 0.1) is 16.7 Å². The van der Waals surface area contributed by atoms with Gasteiger partial charge in [-0.1, -0.05) is 0 Å². The van der Waals surface area contributed by atoms with Crippen molar-refractivity contribution in [1.82, 2.24) is 4.72 Å². The van der Waals surface area contributed by atoms with Gasteiger partial charge < -0.3 is 10.5 Å². The highest BCUT2D eigenvalue weighted by atomic mass is 32.2. The van der Waals surface area contributed by atoms with Crippen molar-refractivity contribution >= 4 is 15.7 Å². The highest BCUT2D eigenvalue weighted by molar-refractivity contribution is 7.89. The van der Waals surface area contributed by atoms with Crippen molar-refractivity contribution in [1.29, 1.82) is 0 Å². The van der Waals surface area contributed by atoms with Crippen molar-refractivity contribution in [2.24, 2.45) is 0 Å². The zero-order valence-corrected chi connectivity index (χ0v) is 12.3. The molecule has 0 bridgehead atoms. The van der Waals surface area contributed by atoms with Crippen LogP contribution in [0.15, 0.2) is 17.0 Å². The Labute approximate surface area is 118 Å². The van der Waals surface area contributed by atoms with Gasteiger partial charge in [0.1, 0.15) is 5.82 Å². The summed E-state index contributed by atoms with van der Waals surface area (Å²) in [7, 11) is -3.74. The van der Waals surface area contributed by atoms with E-state index in [0.717, 1.165) is 18.9 Å². The average molecular weight is 302 g/mol. The molecule has 112 valence electrons. The van der Waals surface area contributed by atoms with E-state index in [1.165, 1.54) is 13.0 Å². The number of hydrogen-bond acceptors (Lipinski definition) is 4. The van der Waals surface area contributed by atoms with Gasteiger partial charge in [0.15, 0.2) is 0 Å². The number of sulfonamides is 1. The van der Waals surface area contributed by atoms with Crippen LogP contribution in [-0.2, 0) is 14.8 Å². The van der Waals surface area contributed by atoms with E-state index < -0.39 is 15.8 Å². The van der Waals surface area contributed by atoms with Gasteiger partial charge in [-0.25, -0.2) is 17.5 Å². The summed E-state index contributed by atoms with van der Waals surface area (Å²) in [5, 5.41) is 0. The fraction of sp³-hybridized carbons (Fsp3) is 0.538. The van der Waals surface area contributed by atoms with E-state index in [9.17, 15) is 12.8 Å². The van der Waals surface area contributed by atoms with E-state index in [1.54, 1.807) is 6.92 Å². The van der Waals surface area contributed by atoms with Crippen LogP contribution in [0, 0.1) is 12.7 Å². The molecule has 2 atom stereocenters. The molecular formula is C13H19FN2O3S. The molecule has 1 aromatic carbocycles. The fourth-order valence-electron chi connectivity index (χ4n) is 2.30. The fourth-order valence-corrected chi connectivity index (χ4v) is 3.69. The highest BCUT2D eigenvalue weighted by Gasteiger charge is 2.27. The van der Waals surface area contributed by atoms with E-state index in [2.05, 4.69) is 4.72 Å². The van der Waals surface area contributed by atoms with Gasteiger partial charge in [-0.15, -0.1) is 0 Å². The molecule has 0 saturated carbocycles. The Morgan fingerprint density at radius 2 is 2.20 bits per heavy atom. The molecular weight excluding hydrogens is 283 g/mol. The van der Waals surface area contributed by atoms with Crippen LogP contribution in [0.25, 0.3) is 0 Å². The van der Waals surface area contributed by atoms with Crippen LogP contribution >= 0.6 is 0 Å². The third-order valence-electron chi connectivity index (χ3n) is 3.43. The van der Waals surface area contributed by atoms with E-state index >= 15 is 0 Å². The molecule has 1 saturated heterocycles. The predicted octanol–water partition coefficient (Wildman–Crippen LogP) is 1.56. The second-order valence-electron chi connectivity index (χ2n) is 5.10. The maximum Gasteiger partial charge on any atom is 0.240 e. The molecule has 5 nitrogen and oxygen atoms in total. The van der Waals surface area contributed by atoms with E-state index in [-0.39, 0.29) is 28.3 Å². The lowest BCUT2D eigenvalue weighted by atomic mass is 10.1. The van der Waals surface area contributed by atoms with Crippen LogP contribution in [0.2, 0.25) is 0 Å². The van der Waals surface area contributed by atoms with Crippen molar-refractivity contribution in [3.05, 3.63) is 23.5 Å². The Balaban J connectivity index is 2.21. The molecule has 1 fully saturated rings. The quantitative estimate of drug-likeness (QED) is 0.827. The smallest absolute Gasteiger partial charge is 0.240 e. The minimum atomic E-state index is -3.74. The Hall–Kier alpha value is -1.18. The first-order chi connectivity index (χ1) is 9.31. The third kappa shape index (κ3) is 3.11. The molecule has 1 aliphatic heterocycles. The van der Waals surface area contributed by atoms with E-state index in [1.807, 2.05) is 0 Å². The van der Waals surface area contributed by atoms with Gasteiger partial charge in [0, 0.05) is 12.6 Å². The number of nitrogen functional groups attached to an aromatic ring is 1. The summed E-state index contributed by atoms with van der Waals surface area (Å²) in [6.45, 7) is 3.89. The van der Waals surface area contributed by atoms with Gasteiger partial charge in [-0.2, -0.15) is 0 Å². The van der Waals surface area contributed by atoms with Gasteiger partial charge in [0.2, 0.25) is 10.0 Å². The molecule has 3 N–H and O–H groups in total. The Kier molecular flexibility index (Phi) is 4.31. The van der Waals surface area contributed by atoms with Crippen LogP contribution in [0.3, 0.4) is 0 Å². The first-order valence-corrected chi connectivity index (χ1v) is 7.99. The molecule has 0 amide bonds. The number of aryl methyl sites for hydroxylation is 1. The van der Waals surface area contributed by atoms with Crippen LogP contribution in [0.5, 0.6) is 0 Å². The minimum Gasteiger partial charge on any atom is -0.396 e. The van der Waals surface area contributed by atoms with Crippen molar-refractivity contribution < 1.29 is 17.5 Å². The van der Waals surface area contributed by atoms with Crippen molar-refractivity contribution in [3.63, 3.8) is 0 Å². The van der Waals surface area contributed by atoms with Crippen molar-refractivity contribution in [2.75, 3.05) is 12.3 Å². The summed E-state index contributed by atoms with van der Waals surface area (Å²) in [6, 6.07) is 2.07. The molecule has 0 spiro atoms. The number of benzene rings is 1. The molecule has 0 aromatic heterocycles. The number of hydrogen-bond donors (Lipinski definition) is 2. The maximum absolute atomic E-state index is 13.4. The Bertz CT molecular complexity index is 575. The summed E-state index contributed by atoms with van der Waals surface area (Å²) < 4.78 is 46.0. The predicted molar refractivity (Wildman–Crippen MR) is 74.3 cm³/mol. The molecule has 2 rings (SSSR count). The van der Waals surface area contributed by atoms with E-state index in [4.69, 9.17) is 10.5 Å². The number of nitrogens with one attached hydrogen (secondary N) is 1. The van der Waals surface area contributed by atoms with Crippen LogP contribution in [0.1, 0.15) is 25.3 Å². The summed E-state index contributed by atoms with van der Waals surface area (Å²) in [4.78, 5) is -0.0289. The highest BCUT2D eigenvalue weighted by Crippen LogP contribution is 2.22. The summed E-state index contributed by atoms with van der Waals surface area (Å²) in [5.74, 6) is -0.587. The van der Waals surface area contributed by atoms with Gasteiger partial charge in [0.25, 0.3) is 0 Å². The molecule has 7 heteroatoms. The molecule has 20 heavy (non-hydrogen) atoms. The number of ether oxygens (including phenoxy) is 1. The summed E-state index contributed by atoms with van der Waals surface area (Å²) in [5.41, 5.74) is 5.51. The standard InChI is InChI=1S/C13H19FN2O3S/c1-8-6-10(7-11(15)13(8)14)20(17,18)16-9(2)12-4-3-5-19-12/h6-7,9,12,16H,3-5,15H2,1-2H3. The lowest BCUT2D eigenvalue weighted by molar-refractivity contribution is 0.0902. The lowest BCUT2D eigenvalue weighted by Crippen LogP contribution is -2.40. The summed E-state index contributed by atoms with van der Waals surface area (Å²) >= 11 is 0. The molecule has 1 heterocycles. The van der Waals surface area contributed by atoms with Gasteiger partial charge >= 0.3 is 0 Å². The second-order valence-corrected chi connectivity index (χ2v) is 6.82. The number of rotatable bonds is 4. The molecule has 0 aliphatic carbocycles. The first-order valence-electron chi connectivity index (χ1n) is 6.51. The first kappa shape index (κ1) is 15.2. The van der Waals surface area contributed by atoms with Crippen molar-refractivity contribution in [2.45, 2.75) is 43.7 Å². The second kappa shape index (κ2) is 5.67. The monoisotopic (exact) mass is 302 g/mol. The van der Waals surface area contributed by atoms with Crippen molar-refractivity contribution in [3.8, 4) is 0 Å². The lowest BCUT2D eigenvalue weighted by Gasteiger charge is -2.20. The minimum absolute atomic E-state index is 0.0289. The maximum atomic E-state index is 13.4. The SMILES string of the molecule is Cc1cc(S(=O)(=O)NC(C)C2CCCO2)cc(N)c1F. The molecule has 2 unspecified atom stereocenters. The largest absolute Gasteiger partial charge is 0.396 e. The summed E-state index contributed by atoms with van der Waals surface area (Å²) in [6.07, 6.45) is 1.64. The van der Waals surface area contributed by atoms with Crippen LogP contribution in [0.4, 0.5) is 10.1 Å². The molecule has 1 aliphatic rings. The zero-order chi connectivity index (χ0) is 14.9. The van der Waals surface area contributed by atoms with Gasteiger partial charge in [-0.3, -0.25) is 0 Å². The van der Waals surface area contributed by atoms with Crippen LogP contribution in [-0.4, -0.2) is 27.2 Å². The number of halogens is 1. The molecule has 1 aromatic rings. The zero-order valence-electron chi connectivity index (χ0n) is 11.5. The van der Waals surface area contributed by atoms with Gasteiger partial charge in [-0.05, 0) is 44.4 Å². The number of anilines is 1. The van der Waals surface area contributed by atoms with Crippen LogP contribution < -0.4 is 10.5 Å². The average Bonchev–Trinajstić information content (AvgIpc) is 2.88. The third-order valence-corrected chi connectivity index (χ3v) is 4.97. The number of nitrogens with two attached hydrogens (primary N) is 1. The Morgan fingerprint density at radius 1 is 1.50 bits per heavy atom. The molecule has 0 radical (unpaired) electrons. The topological polar surface area (TPSA) is 81.4 Å².